The van der Waals surface area contributed by atoms with Crippen LogP contribution in [0.25, 0.3) is 11.4 Å². The topological polar surface area (TPSA) is 34.9 Å². The molecule has 1 aromatic carbocycles. The SMILES string of the molecule is CC(C)C(=O)Cn1ccnc1-c1ccccc1. The van der Waals surface area contributed by atoms with Gasteiger partial charge in [0.1, 0.15) is 5.82 Å². The van der Waals surface area contributed by atoms with Crippen LogP contribution in [0.15, 0.2) is 42.7 Å². The number of aromatic nitrogens is 2. The summed E-state index contributed by atoms with van der Waals surface area (Å²) in [6.45, 7) is 4.23. The van der Waals surface area contributed by atoms with E-state index in [4.69, 9.17) is 0 Å². The van der Waals surface area contributed by atoms with Crippen LogP contribution in [0.4, 0.5) is 0 Å². The van der Waals surface area contributed by atoms with Gasteiger partial charge < -0.3 is 4.57 Å². The third kappa shape index (κ3) is 2.61. The van der Waals surface area contributed by atoms with Crippen molar-refractivity contribution in [2.24, 2.45) is 5.92 Å². The molecule has 2 aromatic rings. The minimum absolute atomic E-state index is 0.0565. The highest BCUT2D eigenvalue weighted by Crippen LogP contribution is 2.17. The first kappa shape index (κ1) is 11.6. The molecule has 1 aromatic heterocycles. The molecule has 0 aliphatic rings. The molecule has 0 atom stereocenters. The third-order valence-electron chi connectivity index (χ3n) is 2.72. The van der Waals surface area contributed by atoms with Gasteiger partial charge in [0.2, 0.25) is 0 Å². The Morgan fingerprint density at radius 2 is 2.00 bits per heavy atom. The fourth-order valence-corrected chi connectivity index (χ4v) is 1.63. The smallest absolute Gasteiger partial charge is 0.155 e. The normalized spacial score (nSPS) is 10.8. The Morgan fingerprint density at radius 3 is 2.65 bits per heavy atom. The van der Waals surface area contributed by atoms with Crippen LogP contribution in [-0.4, -0.2) is 15.3 Å². The van der Waals surface area contributed by atoms with Crippen molar-refractivity contribution < 1.29 is 4.79 Å². The molecule has 1 heterocycles. The van der Waals surface area contributed by atoms with Gasteiger partial charge in [-0.25, -0.2) is 4.98 Å². The third-order valence-corrected chi connectivity index (χ3v) is 2.72. The van der Waals surface area contributed by atoms with Gasteiger partial charge in [-0.2, -0.15) is 0 Å². The molecule has 0 saturated heterocycles. The highest BCUT2D eigenvalue weighted by atomic mass is 16.1. The van der Waals surface area contributed by atoms with E-state index in [0.29, 0.717) is 6.54 Å². The molecule has 0 amide bonds. The van der Waals surface area contributed by atoms with Crippen molar-refractivity contribution in [2.75, 3.05) is 0 Å². The number of nitrogens with zero attached hydrogens (tertiary/aromatic N) is 2. The molecule has 0 bridgehead atoms. The number of carbonyl (C=O) groups excluding carboxylic acids is 1. The van der Waals surface area contributed by atoms with Crippen LogP contribution in [0.5, 0.6) is 0 Å². The number of hydrogen-bond acceptors (Lipinski definition) is 2. The van der Waals surface area contributed by atoms with E-state index < -0.39 is 0 Å². The van der Waals surface area contributed by atoms with Crippen LogP contribution in [0.2, 0.25) is 0 Å². The molecule has 3 nitrogen and oxygen atoms in total. The number of imidazole rings is 1. The summed E-state index contributed by atoms with van der Waals surface area (Å²) >= 11 is 0. The van der Waals surface area contributed by atoms with Crippen molar-refractivity contribution in [3.8, 4) is 11.4 Å². The van der Waals surface area contributed by atoms with E-state index in [9.17, 15) is 4.79 Å². The number of hydrogen-bond donors (Lipinski definition) is 0. The Morgan fingerprint density at radius 1 is 1.29 bits per heavy atom. The minimum atomic E-state index is 0.0565. The monoisotopic (exact) mass is 228 g/mol. The highest BCUT2D eigenvalue weighted by molar-refractivity contribution is 5.80. The zero-order valence-corrected chi connectivity index (χ0v) is 10.1. The lowest BCUT2D eigenvalue weighted by molar-refractivity contribution is -0.122. The van der Waals surface area contributed by atoms with Crippen LogP contribution < -0.4 is 0 Å². The minimum Gasteiger partial charge on any atom is -0.324 e. The van der Waals surface area contributed by atoms with Crippen molar-refractivity contribution in [3.63, 3.8) is 0 Å². The second kappa shape index (κ2) is 4.95. The standard InChI is InChI=1S/C14H16N2O/c1-11(2)13(17)10-16-9-8-15-14(16)12-6-4-3-5-7-12/h3-9,11H,10H2,1-2H3. The van der Waals surface area contributed by atoms with Crippen LogP contribution >= 0.6 is 0 Å². The number of benzene rings is 1. The Kier molecular flexibility index (Phi) is 3.38. The second-order valence-electron chi connectivity index (χ2n) is 4.37. The van der Waals surface area contributed by atoms with E-state index in [1.165, 1.54) is 0 Å². The first-order valence-electron chi connectivity index (χ1n) is 5.77. The molecule has 0 aliphatic carbocycles. The Labute approximate surface area is 101 Å². The molecule has 17 heavy (non-hydrogen) atoms. The summed E-state index contributed by atoms with van der Waals surface area (Å²) in [6.07, 6.45) is 3.58. The van der Waals surface area contributed by atoms with Gasteiger partial charge >= 0.3 is 0 Å². The maximum absolute atomic E-state index is 11.7. The van der Waals surface area contributed by atoms with Gasteiger partial charge in [0, 0.05) is 23.9 Å². The van der Waals surface area contributed by atoms with E-state index in [2.05, 4.69) is 4.98 Å². The van der Waals surface area contributed by atoms with E-state index >= 15 is 0 Å². The number of carbonyl (C=O) groups is 1. The summed E-state index contributed by atoms with van der Waals surface area (Å²) in [6, 6.07) is 9.91. The lowest BCUT2D eigenvalue weighted by Gasteiger charge is -2.08. The molecule has 3 heteroatoms. The maximum atomic E-state index is 11.7. The Bertz CT molecular complexity index is 500. The average Bonchev–Trinajstić information content (AvgIpc) is 2.78. The molecule has 88 valence electrons. The average molecular weight is 228 g/mol. The molecule has 0 radical (unpaired) electrons. The lowest BCUT2D eigenvalue weighted by Crippen LogP contribution is -2.15. The fourth-order valence-electron chi connectivity index (χ4n) is 1.63. The number of Topliss-reactive ketones (excluding diaryl/α,β-unsaturated/α-hetero) is 1. The Hall–Kier alpha value is -1.90. The van der Waals surface area contributed by atoms with Crippen LogP contribution in [0.1, 0.15) is 13.8 Å². The molecule has 0 aliphatic heterocycles. The lowest BCUT2D eigenvalue weighted by atomic mass is 10.1. The van der Waals surface area contributed by atoms with Crippen LogP contribution in [-0.2, 0) is 11.3 Å². The molecule has 2 rings (SSSR count). The number of ketones is 1. The quantitative estimate of drug-likeness (QED) is 0.806. The van der Waals surface area contributed by atoms with Gasteiger partial charge in [0.25, 0.3) is 0 Å². The predicted octanol–water partition coefficient (Wildman–Crippen LogP) is 2.78. The van der Waals surface area contributed by atoms with Crippen molar-refractivity contribution in [1.29, 1.82) is 0 Å². The summed E-state index contributed by atoms with van der Waals surface area (Å²) in [4.78, 5) is 16.1. The fraction of sp³-hybridized carbons (Fsp3) is 0.286. The predicted molar refractivity (Wildman–Crippen MR) is 67.5 cm³/mol. The van der Waals surface area contributed by atoms with E-state index in [0.717, 1.165) is 11.4 Å². The summed E-state index contributed by atoms with van der Waals surface area (Å²) in [5.74, 6) is 1.13. The van der Waals surface area contributed by atoms with Crippen LogP contribution in [0, 0.1) is 5.92 Å². The molecular formula is C14H16N2O. The number of rotatable bonds is 4. The van der Waals surface area contributed by atoms with E-state index in [1.807, 2.05) is 54.9 Å². The van der Waals surface area contributed by atoms with Gasteiger partial charge in [-0.05, 0) is 0 Å². The summed E-state index contributed by atoms with van der Waals surface area (Å²) in [5.41, 5.74) is 1.04. The maximum Gasteiger partial charge on any atom is 0.155 e. The first-order valence-corrected chi connectivity index (χ1v) is 5.77. The van der Waals surface area contributed by atoms with Gasteiger partial charge in [0.15, 0.2) is 5.78 Å². The van der Waals surface area contributed by atoms with Crippen molar-refractivity contribution in [3.05, 3.63) is 42.7 Å². The molecule has 0 unspecified atom stereocenters. The molecular weight excluding hydrogens is 212 g/mol. The van der Waals surface area contributed by atoms with Gasteiger partial charge in [-0.3, -0.25) is 4.79 Å². The van der Waals surface area contributed by atoms with Crippen molar-refractivity contribution in [1.82, 2.24) is 9.55 Å². The van der Waals surface area contributed by atoms with E-state index in [1.54, 1.807) is 6.20 Å². The summed E-state index contributed by atoms with van der Waals surface area (Å²) < 4.78 is 1.90. The first-order chi connectivity index (χ1) is 8.18. The largest absolute Gasteiger partial charge is 0.324 e. The summed E-state index contributed by atoms with van der Waals surface area (Å²) in [5, 5.41) is 0. The molecule has 0 fully saturated rings. The Balaban J connectivity index is 2.27. The summed E-state index contributed by atoms with van der Waals surface area (Å²) in [7, 11) is 0. The second-order valence-corrected chi connectivity index (χ2v) is 4.37. The van der Waals surface area contributed by atoms with E-state index in [-0.39, 0.29) is 11.7 Å². The molecule has 0 spiro atoms. The van der Waals surface area contributed by atoms with Gasteiger partial charge in [-0.15, -0.1) is 0 Å². The van der Waals surface area contributed by atoms with Crippen LogP contribution in [0.3, 0.4) is 0 Å². The van der Waals surface area contributed by atoms with Crippen molar-refractivity contribution in [2.45, 2.75) is 20.4 Å². The van der Waals surface area contributed by atoms with Crippen molar-refractivity contribution >= 4 is 5.78 Å². The molecule has 0 N–H and O–H groups in total. The molecule has 0 saturated carbocycles. The zero-order valence-electron chi connectivity index (χ0n) is 10.1. The highest BCUT2D eigenvalue weighted by Gasteiger charge is 2.11. The van der Waals surface area contributed by atoms with Gasteiger partial charge in [-0.1, -0.05) is 44.2 Å². The zero-order chi connectivity index (χ0) is 12.3. The van der Waals surface area contributed by atoms with Gasteiger partial charge in [0.05, 0.1) is 6.54 Å².